The van der Waals surface area contributed by atoms with Gasteiger partial charge in [0.2, 0.25) is 5.91 Å². The minimum Gasteiger partial charge on any atom is -0.366 e. The highest BCUT2D eigenvalue weighted by molar-refractivity contribution is 6.06. The van der Waals surface area contributed by atoms with Gasteiger partial charge in [0, 0.05) is 35.3 Å². The van der Waals surface area contributed by atoms with Crippen LogP contribution in [0.15, 0.2) is 54.9 Å². The number of rotatable bonds is 3. The van der Waals surface area contributed by atoms with Crippen LogP contribution in [0, 0.1) is 5.92 Å². The zero-order chi connectivity index (χ0) is 19.7. The van der Waals surface area contributed by atoms with Crippen LogP contribution in [0.3, 0.4) is 0 Å². The van der Waals surface area contributed by atoms with E-state index < -0.39 is 5.91 Å². The Morgan fingerprint density at radius 3 is 2.83 bits per heavy atom. The fraction of sp³-hybridized carbons (Fsp3) is 0.217. The van der Waals surface area contributed by atoms with Crippen molar-refractivity contribution in [3.8, 4) is 22.6 Å². The number of hydrogen-bond acceptors (Lipinski definition) is 4. The number of benzene rings is 1. The SMILES string of the molecule is C[C@@H]1c2nc(-c3ccccn3)c(-c3ccc4nccc(C(N)=O)c4c3)n2[C@H]2CC12. The molecule has 1 saturated carbocycles. The summed E-state index contributed by atoms with van der Waals surface area (Å²) in [7, 11) is 0. The minimum absolute atomic E-state index is 0.444. The summed E-state index contributed by atoms with van der Waals surface area (Å²) in [6.07, 6.45) is 4.61. The first-order valence-corrected chi connectivity index (χ1v) is 9.86. The smallest absolute Gasteiger partial charge is 0.249 e. The predicted octanol–water partition coefficient (Wildman–Crippen LogP) is 3.94. The average molecular weight is 381 g/mol. The van der Waals surface area contributed by atoms with E-state index >= 15 is 0 Å². The zero-order valence-electron chi connectivity index (χ0n) is 15.9. The van der Waals surface area contributed by atoms with Crippen LogP contribution in [0.1, 0.15) is 41.5 Å². The van der Waals surface area contributed by atoms with Crippen molar-refractivity contribution in [3.05, 3.63) is 66.2 Å². The lowest BCUT2D eigenvalue weighted by Gasteiger charge is -2.11. The van der Waals surface area contributed by atoms with E-state index in [1.165, 1.54) is 6.42 Å². The number of carbonyl (C=O) groups excluding carboxylic acids is 1. The van der Waals surface area contributed by atoms with E-state index in [2.05, 4.69) is 27.5 Å². The number of imidazole rings is 1. The first-order chi connectivity index (χ1) is 14.1. The lowest BCUT2D eigenvalue weighted by atomic mass is 10.0. The van der Waals surface area contributed by atoms with Crippen LogP contribution < -0.4 is 5.73 Å². The summed E-state index contributed by atoms with van der Waals surface area (Å²) in [6.45, 7) is 2.26. The highest BCUT2D eigenvalue weighted by atomic mass is 16.1. The van der Waals surface area contributed by atoms with Gasteiger partial charge in [0.15, 0.2) is 0 Å². The second-order valence-electron chi connectivity index (χ2n) is 7.96. The van der Waals surface area contributed by atoms with Gasteiger partial charge in [-0.25, -0.2) is 4.98 Å². The van der Waals surface area contributed by atoms with E-state index in [1.807, 2.05) is 30.3 Å². The first kappa shape index (κ1) is 16.4. The van der Waals surface area contributed by atoms with E-state index in [0.717, 1.165) is 39.4 Å². The largest absolute Gasteiger partial charge is 0.366 e. The quantitative estimate of drug-likeness (QED) is 0.582. The van der Waals surface area contributed by atoms with Crippen molar-refractivity contribution in [1.29, 1.82) is 0 Å². The molecule has 0 saturated heterocycles. The molecule has 3 aromatic heterocycles. The topological polar surface area (TPSA) is 86.7 Å². The summed E-state index contributed by atoms with van der Waals surface area (Å²) < 4.78 is 2.39. The summed E-state index contributed by atoms with van der Waals surface area (Å²) >= 11 is 0. The van der Waals surface area contributed by atoms with Crippen molar-refractivity contribution in [2.75, 3.05) is 0 Å². The fourth-order valence-corrected chi connectivity index (χ4v) is 4.80. The summed E-state index contributed by atoms with van der Waals surface area (Å²) in [4.78, 5) is 25.9. The second-order valence-corrected chi connectivity index (χ2v) is 7.96. The third kappa shape index (κ3) is 2.29. The van der Waals surface area contributed by atoms with Crippen LogP contribution in [0.25, 0.3) is 33.5 Å². The van der Waals surface area contributed by atoms with Crippen molar-refractivity contribution in [2.45, 2.75) is 25.3 Å². The Labute approximate surface area is 167 Å². The Morgan fingerprint density at radius 2 is 2.03 bits per heavy atom. The van der Waals surface area contributed by atoms with Crippen LogP contribution in [0.5, 0.6) is 0 Å². The molecule has 4 heterocycles. The fourth-order valence-electron chi connectivity index (χ4n) is 4.80. The van der Waals surface area contributed by atoms with Crippen molar-refractivity contribution in [1.82, 2.24) is 19.5 Å². The van der Waals surface area contributed by atoms with E-state index in [1.54, 1.807) is 18.5 Å². The van der Waals surface area contributed by atoms with Gasteiger partial charge < -0.3 is 10.3 Å². The van der Waals surface area contributed by atoms with Gasteiger partial charge in [0.05, 0.1) is 22.5 Å². The number of primary amides is 1. The summed E-state index contributed by atoms with van der Waals surface area (Å²) in [5.41, 5.74) is 10.7. The number of pyridine rings is 2. The second kappa shape index (κ2) is 5.73. The molecule has 6 heteroatoms. The molecule has 0 radical (unpaired) electrons. The van der Waals surface area contributed by atoms with E-state index in [-0.39, 0.29) is 0 Å². The molecule has 1 unspecified atom stereocenters. The van der Waals surface area contributed by atoms with Gasteiger partial charge in [-0.15, -0.1) is 0 Å². The lowest BCUT2D eigenvalue weighted by molar-refractivity contribution is 0.100. The maximum absolute atomic E-state index is 12.0. The summed E-state index contributed by atoms with van der Waals surface area (Å²) in [5, 5.41) is 0.762. The highest BCUT2D eigenvalue weighted by Gasteiger charge is 2.52. The number of carbonyl (C=O) groups is 1. The van der Waals surface area contributed by atoms with Crippen LogP contribution >= 0.6 is 0 Å². The number of fused-ring (bicyclic) bond motifs is 4. The number of aromatic nitrogens is 4. The van der Waals surface area contributed by atoms with Gasteiger partial charge in [-0.3, -0.25) is 14.8 Å². The molecule has 0 spiro atoms. The molecule has 0 bridgehead atoms. The maximum Gasteiger partial charge on any atom is 0.249 e. The van der Waals surface area contributed by atoms with Gasteiger partial charge in [-0.1, -0.05) is 19.1 Å². The monoisotopic (exact) mass is 381 g/mol. The standard InChI is InChI=1S/C23H19N5O/c1-12-15-11-19(15)28-21(20(27-23(12)28)18-4-2-3-8-25-18)13-5-6-17-16(10-13)14(22(24)29)7-9-26-17/h2-10,12,15,19H,11H2,1H3,(H2,24,29)/t12-,15?,19-/m0/s1. The lowest BCUT2D eigenvalue weighted by Crippen LogP contribution is -2.11. The molecule has 142 valence electrons. The normalized spacial score (nSPS) is 21.8. The number of nitrogens with zero attached hydrogens (tertiary/aromatic N) is 4. The highest BCUT2D eigenvalue weighted by Crippen LogP contribution is 2.60. The third-order valence-corrected chi connectivity index (χ3v) is 6.31. The van der Waals surface area contributed by atoms with Crippen LogP contribution in [-0.4, -0.2) is 25.4 Å². The van der Waals surface area contributed by atoms with Gasteiger partial charge >= 0.3 is 0 Å². The minimum atomic E-state index is -0.450. The predicted molar refractivity (Wildman–Crippen MR) is 110 cm³/mol. The molecule has 1 aliphatic carbocycles. The zero-order valence-corrected chi connectivity index (χ0v) is 15.9. The number of hydrogen-bond donors (Lipinski definition) is 1. The Hall–Kier alpha value is -3.54. The van der Waals surface area contributed by atoms with Gasteiger partial charge in [-0.2, -0.15) is 0 Å². The Balaban J connectivity index is 1.64. The molecule has 1 aromatic carbocycles. The Morgan fingerprint density at radius 1 is 1.14 bits per heavy atom. The molecule has 1 aliphatic heterocycles. The molecule has 1 fully saturated rings. The summed E-state index contributed by atoms with van der Waals surface area (Å²) in [6, 6.07) is 14.1. The molecule has 2 N–H and O–H groups in total. The van der Waals surface area contributed by atoms with Crippen molar-refractivity contribution >= 4 is 16.8 Å². The van der Waals surface area contributed by atoms with E-state index in [9.17, 15) is 4.79 Å². The molecule has 6 nitrogen and oxygen atoms in total. The maximum atomic E-state index is 12.0. The molecule has 29 heavy (non-hydrogen) atoms. The molecule has 4 aromatic rings. The molecule has 2 aliphatic rings. The molecule has 6 rings (SSSR count). The summed E-state index contributed by atoms with van der Waals surface area (Å²) in [5.74, 6) is 1.80. The van der Waals surface area contributed by atoms with Crippen LogP contribution in [-0.2, 0) is 0 Å². The third-order valence-electron chi connectivity index (χ3n) is 6.31. The number of amides is 1. The van der Waals surface area contributed by atoms with Gasteiger partial charge in [-0.05, 0) is 42.7 Å². The molecular formula is C23H19N5O. The average Bonchev–Trinajstić information content (AvgIpc) is 3.36. The number of nitrogens with two attached hydrogens (primary N) is 1. The van der Waals surface area contributed by atoms with Crippen molar-refractivity contribution in [2.24, 2.45) is 11.7 Å². The van der Waals surface area contributed by atoms with E-state index in [4.69, 9.17) is 10.7 Å². The molecule has 3 atom stereocenters. The molecule has 1 amide bonds. The van der Waals surface area contributed by atoms with Gasteiger partial charge in [0.1, 0.15) is 11.5 Å². The first-order valence-electron chi connectivity index (χ1n) is 9.86. The van der Waals surface area contributed by atoms with E-state index in [0.29, 0.717) is 23.4 Å². The Kier molecular flexibility index (Phi) is 3.25. The molecular weight excluding hydrogens is 362 g/mol. The van der Waals surface area contributed by atoms with Crippen LogP contribution in [0.2, 0.25) is 0 Å². The Bertz CT molecular complexity index is 1290. The van der Waals surface area contributed by atoms with Crippen LogP contribution in [0.4, 0.5) is 0 Å². The van der Waals surface area contributed by atoms with Crippen molar-refractivity contribution < 1.29 is 4.79 Å². The van der Waals surface area contributed by atoms with Crippen molar-refractivity contribution in [3.63, 3.8) is 0 Å². The van der Waals surface area contributed by atoms with Gasteiger partial charge in [0.25, 0.3) is 0 Å².